The Bertz CT molecular complexity index is 499. The first-order valence-electron chi connectivity index (χ1n) is 5.41. The molecule has 2 nitrogen and oxygen atoms in total. The molecule has 1 heterocycles. The van der Waals surface area contributed by atoms with Crippen LogP contribution >= 0.6 is 11.6 Å². The van der Waals surface area contributed by atoms with Crippen molar-refractivity contribution in [2.75, 3.05) is 7.11 Å². The number of rotatable bonds is 3. The first kappa shape index (κ1) is 11.9. The zero-order valence-electron chi connectivity index (χ0n) is 9.85. The third kappa shape index (κ3) is 2.59. The van der Waals surface area contributed by atoms with Crippen LogP contribution in [-0.4, -0.2) is 12.1 Å². The van der Waals surface area contributed by atoms with Crippen LogP contribution in [0.2, 0.25) is 0 Å². The lowest BCUT2D eigenvalue weighted by atomic mass is 10.0. The van der Waals surface area contributed by atoms with E-state index in [4.69, 9.17) is 16.3 Å². The normalized spacial score (nSPS) is 12.2. The minimum atomic E-state index is -0.149. The highest BCUT2D eigenvalue weighted by molar-refractivity contribution is 6.22. The lowest BCUT2D eigenvalue weighted by Crippen LogP contribution is -1.97. The predicted molar refractivity (Wildman–Crippen MR) is 69.7 cm³/mol. The summed E-state index contributed by atoms with van der Waals surface area (Å²) >= 11 is 6.46. The minimum Gasteiger partial charge on any atom is -0.497 e. The van der Waals surface area contributed by atoms with Crippen molar-refractivity contribution in [1.29, 1.82) is 0 Å². The van der Waals surface area contributed by atoms with E-state index in [0.717, 1.165) is 22.4 Å². The molecule has 0 bridgehead atoms. The molecule has 0 radical (unpaired) electrons. The molecule has 1 atom stereocenters. The molecule has 0 spiro atoms. The highest BCUT2D eigenvalue weighted by Crippen LogP contribution is 2.32. The van der Waals surface area contributed by atoms with Gasteiger partial charge in [0, 0.05) is 12.4 Å². The van der Waals surface area contributed by atoms with Crippen LogP contribution in [0.4, 0.5) is 0 Å². The quantitative estimate of drug-likeness (QED) is 0.771. The maximum Gasteiger partial charge on any atom is 0.119 e. The highest BCUT2D eigenvalue weighted by atomic mass is 35.5. The van der Waals surface area contributed by atoms with Gasteiger partial charge in [0.25, 0.3) is 0 Å². The smallest absolute Gasteiger partial charge is 0.119 e. The molecule has 1 aromatic heterocycles. The Morgan fingerprint density at radius 3 is 2.47 bits per heavy atom. The summed E-state index contributed by atoms with van der Waals surface area (Å²) < 4.78 is 5.18. The number of hydrogen-bond donors (Lipinski definition) is 0. The summed E-state index contributed by atoms with van der Waals surface area (Å²) in [6.07, 6.45) is 3.51. The van der Waals surface area contributed by atoms with E-state index >= 15 is 0 Å². The molecule has 0 aliphatic rings. The van der Waals surface area contributed by atoms with Gasteiger partial charge in [-0.15, -0.1) is 11.6 Å². The number of methoxy groups -OCH3 is 1. The number of benzene rings is 1. The first-order valence-corrected chi connectivity index (χ1v) is 5.84. The summed E-state index contributed by atoms with van der Waals surface area (Å²) in [6, 6.07) is 9.79. The van der Waals surface area contributed by atoms with Gasteiger partial charge in [0.1, 0.15) is 5.75 Å². The van der Waals surface area contributed by atoms with E-state index in [9.17, 15) is 0 Å². The van der Waals surface area contributed by atoms with Crippen molar-refractivity contribution in [2.24, 2.45) is 0 Å². The zero-order chi connectivity index (χ0) is 12.3. The Hall–Kier alpha value is -1.54. The molecule has 0 aliphatic heterocycles. The monoisotopic (exact) mass is 247 g/mol. The predicted octanol–water partition coefficient (Wildman–Crippen LogP) is 3.73. The van der Waals surface area contributed by atoms with Crippen LogP contribution in [0.15, 0.2) is 42.7 Å². The van der Waals surface area contributed by atoms with Gasteiger partial charge in [0.15, 0.2) is 0 Å². The van der Waals surface area contributed by atoms with E-state index < -0.39 is 0 Å². The van der Waals surface area contributed by atoms with Crippen molar-refractivity contribution in [3.63, 3.8) is 0 Å². The number of ether oxygens (including phenoxy) is 1. The molecule has 0 N–H and O–H groups in total. The average Bonchev–Trinajstić information content (AvgIpc) is 2.39. The van der Waals surface area contributed by atoms with E-state index in [1.807, 2.05) is 37.3 Å². The summed E-state index contributed by atoms with van der Waals surface area (Å²) in [4.78, 5) is 3.99. The Balaban J connectivity index is 2.34. The number of aryl methyl sites for hydroxylation is 1. The second-order valence-corrected chi connectivity index (χ2v) is 4.30. The number of hydrogen-bond acceptors (Lipinski definition) is 2. The van der Waals surface area contributed by atoms with Gasteiger partial charge in [0.2, 0.25) is 0 Å². The SMILES string of the molecule is COc1ccc(C(Cl)c2ccncc2)c(C)c1. The standard InChI is InChI=1S/C14H14ClNO/c1-10-9-12(17-2)3-4-13(10)14(15)11-5-7-16-8-6-11/h3-9,14H,1-2H3. The average molecular weight is 248 g/mol. The number of aromatic nitrogens is 1. The van der Waals surface area contributed by atoms with Crippen LogP contribution in [-0.2, 0) is 0 Å². The molecule has 0 aliphatic carbocycles. The Kier molecular flexibility index (Phi) is 3.64. The summed E-state index contributed by atoms with van der Waals surface area (Å²) in [5, 5.41) is -0.149. The Morgan fingerprint density at radius 2 is 1.88 bits per heavy atom. The molecule has 1 aromatic carbocycles. The molecule has 1 unspecified atom stereocenters. The molecule has 88 valence electrons. The second-order valence-electron chi connectivity index (χ2n) is 3.87. The van der Waals surface area contributed by atoms with Gasteiger partial charge < -0.3 is 4.74 Å². The zero-order valence-corrected chi connectivity index (χ0v) is 10.6. The van der Waals surface area contributed by atoms with E-state index in [0.29, 0.717) is 0 Å². The molecule has 0 fully saturated rings. The van der Waals surface area contributed by atoms with Crippen molar-refractivity contribution < 1.29 is 4.74 Å². The van der Waals surface area contributed by atoms with E-state index in [1.165, 1.54) is 0 Å². The summed E-state index contributed by atoms with van der Waals surface area (Å²) in [7, 11) is 1.66. The maximum atomic E-state index is 6.46. The summed E-state index contributed by atoms with van der Waals surface area (Å²) in [5.41, 5.74) is 3.27. The van der Waals surface area contributed by atoms with Gasteiger partial charge in [-0.1, -0.05) is 6.07 Å². The molecule has 17 heavy (non-hydrogen) atoms. The molecular weight excluding hydrogens is 234 g/mol. The molecule has 3 heteroatoms. The van der Waals surface area contributed by atoms with Crippen LogP contribution in [0.3, 0.4) is 0 Å². The Labute approximate surface area is 106 Å². The molecule has 0 saturated heterocycles. The van der Waals surface area contributed by atoms with Crippen molar-refractivity contribution in [2.45, 2.75) is 12.3 Å². The fraction of sp³-hybridized carbons (Fsp3) is 0.214. The molecule has 2 rings (SSSR count). The minimum absolute atomic E-state index is 0.149. The van der Waals surface area contributed by atoms with E-state index in [2.05, 4.69) is 4.98 Å². The fourth-order valence-electron chi connectivity index (χ4n) is 1.77. The van der Waals surface area contributed by atoms with Crippen LogP contribution in [0.1, 0.15) is 22.1 Å². The van der Waals surface area contributed by atoms with Gasteiger partial charge in [-0.05, 0) is 47.9 Å². The van der Waals surface area contributed by atoms with Crippen LogP contribution in [0, 0.1) is 6.92 Å². The lowest BCUT2D eigenvalue weighted by Gasteiger charge is -2.14. The van der Waals surface area contributed by atoms with Crippen molar-refractivity contribution in [1.82, 2.24) is 4.98 Å². The van der Waals surface area contributed by atoms with E-state index in [-0.39, 0.29) is 5.38 Å². The number of nitrogens with zero attached hydrogens (tertiary/aromatic N) is 1. The summed E-state index contributed by atoms with van der Waals surface area (Å²) in [5.74, 6) is 0.852. The third-order valence-corrected chi connectivity index (χ3v) is 3.24. The second kappa shape index (κ2) is 5.19. The third-order valence-electron chi connectivity index (χ3n) is 2.75. The topological polar surface area (TPSA) is 22.1 Å². The van der Waals surface area contributed by atoms with Crippen LogP contribution in [0.25, 0.3) is 0 Å². The van der Waals surface area contributed by atoms with Crippen molar-refractivity contribution in [3.8, 4) is 5.75 Å². The molecule has 0 saturated carbocycles. The Morgan fingerprint density at radius 1 is 1.18 bits per heavy atom. The molecule has 2 aromatic rings. The van der Waals surface area contributed by atoms with Crippen LogP contribution < -0.4 is 4.74 Å². The van der Waals surface area contributed by atoms with Crippen LogP contribution in [0.5, 0.6) is 5.75 Å². The van der Waals surface area contributed by atoms with Gasteiger partial charge in [-0.2, -0.15) is 0 Å². The van der Waals surface area contributed by atoms with Crippen molar-refractivity contribution >= 4 is 11.6 Å². The van der Waals surface area contributed by atoms with Gasteiger partial charge in [-0.25, -0.2) is 0 Å². The van der Waals surface area contributed by atoms with Gasteiger partial charge in [-0.3, -0.25) is 4.98 Å². The van der Waals surface area contributed by atoms with Crippen molar-refractivity contribution in [3.05, 3.63) is 59.4 Å². The van der Waals surface area contributed by atoms with Gasteiger partial charge >= 0.3 is 0 Å². The van der Waals surface area contributed by atoms with Gasteiger partial charge in [0.05, 0.1) is 12.5 Å². The van der Waals surface area contributed by atoms with E-state index in [1.54, 1.807) is 19.5 Å². The lowest BCUT2D eigenvalue weighted by molar-refractivity contribution is 0.414. The fourth-order valence-corrected chi connectivity index (χ4v) is 2.16. The largest absolute Gasteiger partial charge is 0.497 e. The first-order chi connectivity index (χ1) is 8.22. The highest BCUT2D eigenvalue weighted by Gasteiger charge is 2.13. The number of alkyl halides is 1. The molecule has 0 amide bonds. The molecular formula is C14H14ClNO. The number of pyridine rings is 1. The summed E-state index contributed by atoms with van der Waals surface area (Å²) in [6.45, 7) is 2.04. The maximum absolute atomic E-state index is 6.46. The number of halogens is 1.